The summed E-state index contributed by atoms with van der Waals surface area (Å²) in [7, 11) is -3.26. The molecule has 0 spiro atoms. The van der Waals surface area contributed by atoms with Gasteiger partial charge < -0.3 is 5.73 Å². The van der Waals surface area contributed by atoms with Crippen molar-refractivity contribution in [3.63, 3.8) is 0 Å². The largest absolute Gasteiger partial charge is 0.326 e. The van der Waals surface area contributed by atoms with Gasteiger partial charge in [0.25, 0.3) is 0 Å². The van der Waals surface area contributed by atoms with E-state index in [1.807, 2.05) is 6.07 Å². The second-order valence-electron chi connectivity index (χ2n) is 3.03. The summed E-state index contributed by atoms with van der Waals surface area (Å²) in [5.74, 6) is 0. The molecule has 74 valence electrons. The van der Waals surface area contributed by atoms with Crippen LogP contribution in [0.15, 0.2) is 33.0 Å². The van der Waals surface area contributed by atoms with Crippen molar-refractivity contribution in [2.24, 2.45) is 5.73 Å². The number of nitrogens with two attached hydrogens (primary N) is 1. The summed E-state index contributed by atoms with van der Waals surface area (Å²) in [6.45, 7) is 0.244. The smallest absolute Gasteiger partial charge is 0.200 e. The van der Waals surface area contributed by atoms with Crippen LogP contribution in [0.2, 0.25) is 0 Å². The Labute approximate surface area is 90.7 Å². The first-order chi connectivity index (χ1) is 6.54. The summed E-state index contributed by atoms with van der Waals surface area (Å²) in [5, 5.41) is 1.24. The molecule has 0 bridgehead atoms. The lowest BCUT2D eigenvalue weighted by atomic mass is 10.1. The Bertz CT molecular complexity index is 520. The third-order valence-electron chi connectivity index (χ3n) is 2.11. The molecule has 1 aliphatic rings. The molecule has 0 saturated heterocycles. The second kappa shape index (κ2) is 3.18. The summed E-state index contributed by atoms with van der Waals surface area (Å²) in [5.41, 5.74) is 6.86. The molecule has 1 aromatic rings. The average molecular weight is 274 g/mol. The Morgan fingerprint density at radius 2 is 2.07 bits per heavy atom. The molecule has 0 atom stereocenters. The van der Waals surface area contributed by atoms with Gasteiger partial charge in [0.2, 0.25) is 9.84 Å². The molecule has 0 fully saturated rings. The molecule has 0 aromatic heterocycles. The van der Waals surface area contributed by atoms with Crippen molar-refractivity contribution in [2.45, 2.75) is 4.90 Å². The molecule has 0 unspecified atom stereocenters. The van der Waals surface area contributed by atoms with Gasteiger partial charge >= 0.3 is 0 Å². The van der Waals surface area contributed by atoms with Crippen molar-refractivity contribution in [1.29, 1.82) is 0 Å². The van der Waals surface area contributed by atoms with E-state index in [2.05, 4.69) is 15.9 Å². The third-order valence-corrected chi connectivity index (χ3v) is 4.15. The van der Waals surface area contributed by atoms with Crippen LogP contribution in [-0.2, 0) is 9.84 Å². The van der Waals surface area contributed by atoms with E-state index in [0.29, 0.717) is 10.5 Å². The van der Waals surface area contributed by atoms with E-state index in [-0.39, 0.29) is 6.54 Å². The number of hydrogen-bond donors (Lipinski definition) is 1. The van der Waals surface area contributed by atoms with Gasteiger partial charge in [-0.1, -0.05) is 22.0 Å². The fraction of sp³-hybridized carbons (Fsp3) is 0.111. The molecule has 1 aromatic carbocycles. The van der Waals surface area contributed by atoms with E-state index < -0.39 is 9.84 Å². The quantitative estimate of drug-likeness (QED) is 0.845. The van der Waals surface area contributed by atoms with Crippen LogP contribution >= 0.6 is 15.9 Å². The van der Waals surface area contributed by atoms with Crippen molar-refractivity contribution in [3.8, 4) is 0 Å². The lowest BCUT2D eigenvalue weighted by molar-refractivity contribution is 0.605. The van der Waals surface area contributed by atoms with Crippen LogP contribution in [-0.4, -0.2) is 15.0 Å². The van der Waals surface area contributed by atoms with Crippen molar-refractivity contribution in [3.05, 3.63) is 33.6 Å². The zero-order valence-corrected chi connectivity index (χ0v) is 9.60. The normalized spacial score (nSPS) is 17.7. The van der Waals surface area contributed by atoms with Crippen LogP contribution in [0.3, 0.4) is 0 Å². The Balaban J connectivity index is 2.75. The fourth-order valence-electron chi connectivity index (χ4n) is 1.47. The molecule has 2 rings (SSSR count). The number of benzene rings is 1. The summed E-state index contributed by atoms with van der Waals surface area (Å²) < 4.78 is 24.0. The van der Waals surface area contributed by atoms with Crippen molar-refractivity contribution >= 4 is 31.3 Å². The minimum absolute atomic E-state index is 0.244. The Kier molecular flexibility index (Phi) is 2.25. The SMILES string of the molecule is NCC1=CS(=O)(=O)c2cc(Br)ccc21. The Morgan fingerprint density at radius 1 is 1.36 bits per heavy atom. The van der Waals surface area contributed by atoms with Gasteiger partial charge in [-0.2, -0.15) is 0 Å². The zero-order valence-electron chi connectivity index (χ0n) is 7.20. The molecule has 14 heavy (non-hydrogen) atoms. The van der Waals surface area contributed by atoms with E-state index in [4.69, 9.17) is 5.73 Å². The number of fused-ring (bicyclic) bond motifs is 1. The number of hydrogen-bond acceptors (Lipinski definition) is 3. The summed E-state index contributed by atoms with van der Waals surface area (Å²) in [4.78, 5) is 0.340. The molecule has 1 heterocycles. The summed E-state index contributed by atoms with van der Waals surface area (Å²) in [6, 6.07) is 5.18. The fourth-order valence-corrected chi connectivity index (χ4v) is 3.50. The molecule has 0 saturated carbocycles. The van der Waals surface area contributed by atoms with Gasteiger partial charge in [-0.25, -0.2) is 8.42 Å². The number of sulfone groups is 1. The lowest BCUT2D eigenvalue weighted by Gasteiger charge is -2.01. The first-order valence-corrected chi connectivity index (χ1v) is 6.34. The lowest BCUT2D eigenvalue weighted by Crippen LogP contribution is -2.00. The van der Waals surface area contributed by atoms with Gasteiger partial charge in [-0.3, -0.25) is 0 Å². The van der Waals surface area contributed by atoms with Gasteiger partial charge in [0.05, 0.1) is 4.90 Å². The van der Waals surface area contributed by atoms with E-state index in [1.54, 1.807) is 12.1 Å². The highest BCUT2D eigenvalue weighted by Crippen LogP contribution is 2.34. The van der Waals surface area contributed by atoms with Crippen LogP contribution in [0.4, 0.5) is 0 Å². The monoisotopic (exact) mass is 273 g/mol. The van der Waals surface area contributed by atoms with Crippen molar-refractivity contribution in [2.75, 3.05) is 6.54 Å². The molecule has 0 amide bonds. The van der Waals surface area contributed by atoms with Gasteiger partial charge in [0.15, 0.2) is 0 Å². The topological polar surface area (TPSA) is 60.2 Å². The highest BCUT2D eigenvalue weighted by Gasteiger charge is 2.25. The maximum absolute atomic E-state index is 11.6. The standard InChI is InChI=1S/C9H8BrNO2S/c10-7-1-2-8-6(4-11)5-14(12,13)9(8)3-7/h1-3,5H,4,11H2. The molecule has 2 N–H and O–H groups in total. The first kappa shape index (κ1) is 9.89. The maximum atomic E-state index is 11.6. The molecular formula is C9H8BrNO2S. The van der Waals surface area contributed by atoms with Crippen LogP contribution in [0.25, 0.3) is 5.57 Å². The molecule has 0 aliphatic carbocycles. The highest BCUT2D eigenvalue weighted by atomic mass is 79.9. The van der Waals surface area contributed by atoms with E-state index in [1.165, 1.54) is 5.41 Å². The maximum Gasteiger partial charge on any atom is 0.200 e. The highest BCUT2D eigenvalue weighted by molar-refractivity contribution is 9.10. The van der Waals surface area contributed by atoms with Gasteiger partial charge in [-0.05, 0) is 23.3 Å². The zero-order chi connectivity index (χ0) is 10.3. The summed E-state index contributed by atoms with van der Waals surface area (Å²) >= 11 is 3.24. The minimum atomic E-state index is -3.26. The second-order valence-corrected chi connectivity index (χ2v) is 5.71. The molecule has 0 radical (unpaired) electrons. The average Bonchev–Trinajstić information content (AvgIpc) is 2.38. The molecular weight excluding hydrogens is 266 g/mol. The van der Waals surface area contributed by atoms with Gasteiger partial charge in [0.1, 0.15) is 0 Å². The Hall–Kier alpha value is -0.650. The first-order valence-electron chi connectivity index (χ1n) is 4.00. The van der Waals surface area contributed by atoms with Crippen LogP contribution in [0.5, 0.6) is 0 Å². The van der Waals surface area contributed by atoms with Crippen LogP contribution in [0, 0.1) is 0 Å². The van der Waals surface area contributed by atoms with Crippen molar-refractivity contribution < 1.29 is 8.42 Å². The Morgan fingerprint density at radius 3 is 2.71 bits per heavy atom. The van der Waals surface area contributed by atoms with Crippen LogP contribution < -0.4 is 5.73 Å². The number of rotatable bonds is 1. The van der Waals surface area contributed by atoms with E-state index >= 15 is 0 Å². The van der Waals surface area contributed by atoms with Crippen molar-refractivity contribution in [1.82, 2.24) is 0 Å². The molecule has 3 nitrogen and oxygen atoms in total. The van der Waals surface area contributed by atoms with Gasteiger partial charge in [0, 0.05) is 16.4 Å². The predicted octanol–water partition coefficient (Wildman–Crippen LogP) is 1.54. The molecule has 1 aliphatic heterocycles. The molecule has 5 heteroatoms. The van der Waals surface area contributed by atoms with E-state index in [9.17, 15) is 8.42 Å². The van der Waals surface area contributed by atoms with Crippen LogP contribution in [0.1, 0.15) is 5.56 Å². The van der Waals surface area contributed by atoms with E-state index in [0.717, 1.165) is 10.0 Å². The predicted molar refractivity (Wildman–Crippen MR) is 58.4 cm³/mol. The van der Waals surface area contributed by atoms with Gasteiger partial charge in [-0.15, -0.1) is 0 Å². The third kappa shape index (κ3) is 1.41. The number of halogens is 1. The summed E-state index contributed by atoms with van der Waals surface area (Å²) in [6.07, 6.45) is 0. The minimum Gasteiger partial charge on any atom is -0.326 e.